The topological polar surface area (TPSA) is 18.5 Å². The van der Waals surface area contributed by atoms with Crippen LogP contribution in [0.15, 0.2) is 40.9 Å². The predicted octanol–water partition coefficient (Wildman–Crippen LogP) is 9.20. The first-order valence-electron chi connectivity index (χ1n) is 14.3. The van der Waals surface area contributed by atoms with Crippen LogP contribution in [0.5, 0.6) is 0 Å². The highest BCUT2D eigenvalue weighted by Crippen LogP contribution is 2.54. The molecule has 196 valence electrons. The molecule has 36 heavy (non-hydrogen) atoms. The van der Waals surface area contributed by atoms with Crippen LogP contribution >= 0.6 is 15.9 Å². The van der Waals surface area contributed by atoms with Crippen LogP contribution in [-0.2, 0) is 14.7 Å². The fourth-order valence-corrected chi connectivity index (χ4v) is 6.45. The fraction of sp³-hybridized carbons (Fsp3) is 0.625. The molecule has 1 saturated heterocycles. The zero-order chi connectivity index (χ0) is 26.1. The Morgan fingerprint density at radius 3 is 2.06 bits per heavy atom. The van der Waals surface area contributed by atoms with Crippen molar-refractivity contribution in [1.82, 2.24) is 0 Å². The molecule has 1 heterocycles. The predicted molar refractivity (Wildman–Crippen MR) is 158 cm³/mol. The summed E-state index contributed by atoms with van der Waals surface area (Å²) in [6.07, 6.45) is 11.4. The lowest BCUT2D eigenvalue weighted by molar-refractivity contribution is 0.00578. The number of rotatable bonds is 11. The first kappa shape index (κ1) is 27.9. The van der Waals surface area contributed by atoms with E-state index in [0.29, 0.717) is 0 Å². The van der Waals surface area contributed by atoms with Gasteiger partial charge < -0.3 is 9.31 Å². The van der Waals surface area contributed by atoms with Gasteiger partial charge in [0.25, 0.3) is 0 Å². The Balaban J connectivity index is 1.77. The maximum Gasteiger partial charge on any atom is 0.494 e. The summed E-state index contributed by atoms with van der Waals surface area (Å²) in [5.41, 5.74) is 6.34. The largest absolute Gasteiger partial charge is 0.494 e. The first-order valence-corrected chi connectivity index (χ1v) is 15.1. The summed E-state index contributed by atoms with van der Waals surface area (Å²) in [5.74, 6) is 0.779. The van der Waals surface area contributed by atoms with Crippen molar-refractivity contribution >= 4 is 28.5 Å². The van der Waals surface area contributed by atoms with Gasteiger partial charge in [0.2, 0.25) is 0 Å². The Bertz CT molecular complexity index is 1050. The number of hydrogen-bond acceptors (Lipinski definition) is 2. The van der Waals surface area contributed by atoms with Crippen LogP contribution in [0, 0.1) is 5.92 Å². The van der Waals surface area contributed by atoms with E-state index in [1.54, 1.807) is 0 Å². The van der Waals surface area contributed by atoms with E-state index < -0.39 is 0 Å². The maximum absolute atomic E-state index is 6.48. The Kier molecular flexibility index (Phi) is 8.49. The molecule has 1 aliphatic carbocycles. The molecule has 1 fully saturated rings. The number of unbranched alkanes of at least 4 members (excludes halogenated alkanes) is 3. The lowest BCUT2D eigenvalue weighted by atomic mass is 9.68. The third-order valence-corrected chi connectivity index (χ3v) is 9.82. The van der Waals surface area contributed by atoms with Gasteiger partial charge in [0.15, 0.2) is 0 Å². The third-order valence-electron chi connectivity index (χ3n) is 9.33. The van der Waals surface area contributed by atoms with E-state index in [2.05, 4.69) is 101 Å². The van der Waals surface area contributed by atoms with Crippen LogP contribution in [-0.4, -0.2) is 18.3 Å². The summed E-state index contributed by atoms with van der Waals surface area (Å²) in [7, 11) is -0.325. The van der Waals surface area contributed by atoms with Crippen molar-refractivity contribution in [3.05, 3.63) is 52.0 Å². The number of hydrogen-bond donors (Lipinski definition) is 0. The summed E-state index contributed by atoms with van der Waals surface area (Å²) < 4.78 is 14.2. The molecule has 0 saturated carbocycles. The van der Waals surface area contributed by atoms with E-state index in [9.17, 15) is 0 Å². The molecule has 2 nitrogen and oxygen atoms in total. The molecule has 4 heteroatoms. The second kappa shape index (κ2) is 10.9. The van der Waals surface area contributed by atoms with E-state index in [1.165, 1.54) is 84.5 Å². The molecule has 2 unspecified atom stereocenters. The molecule has 2 aromatic rings. The molecule has 0 bridgehead atoms. The lowest BCUT2D eigenvalue weighted by Crippen LogP contribution is -2.41. The lowest BCUT2D eigenvalue weighted by Gasteiger charge is -2.33. The second-order valence-electron chi connectivity index (χ2n) is 12.4. The van der Waals surface area contributed by atoms with Gasteiger partial charge in [-0.15, -0.1) is 0 Å². The monoisotopic (exact) mass is 552 g/mol. The van der Waals surface area contributed by atoms with Gasteiger partial charge >= 0.3 is 7.12 Å². The van der Waals surface area contributed by atoms with E-state index >= 15 is 0 Å². The van der Waals surface area contributed by atoms with Crippen molar-refractivity contribution < 1.29 is 9.31 Å². The van der Waals surface area contributed by atoms with Crippen LogP contribution in [0.3, 0.4) is 0 Å². The Morgan fingerprint density at radius 1 is 0.806 bits per heavy atom. The molecule has 2 atom stereocenters. The summed E-state index contributed by atoms with van der Waals surface area (Å²) in [6.45, 7) is 15.6. The quantitative estimate of drug-likeness (QED) is 0.204. The van der Waals surface area contributed by atoms with E-state index in [-0.39, 0.29) is 23.7 Å². The first-order chi connectivity index (χ1) is 17.0. The molecule has 0 aromatic heterocycles. The van der Waals surface area contributed by atoms with Gasteiger partial charge in [0, 0.05) is 9.89 Å². The highest BCUT2D eigenvalue weighted by atomic mass is 79.9. The molecule has 4 rings (SSSR count). The minimum absolute atomic E-state index is 0.0509. The summed E-state index contributed by atoms with van der Waals surface area (Å²) in [6, 6.07) is 14.0. The molecular formula is C32H46BBrO2. The van der Waals surface area contributed by atoms with Gasteiger partial charge in [-0.05, 0) is 86.3 Å². The van der Waals surface area contributed by atoms with Crippen LogP contribution in [0.4, 0.5) is 0 Å². The second-order valence-corrected chi connectivity index (χ2v) is 13.3. The summed E-state index contributed by atoms with van der Waals surface area (Å²) >= 11 is 3.81. The van der Waals surface area contributed by atoms with Gasteiger partial charge in [-0.2, -0.15) is 0 Å². The smallest absolute Gasteiger partial charge is 0.399 e. The van der Waals surface area contributed by atoms with Gasteiger partial charge in [-0.3, -0.25) is 0 Å². The Morgan fingerprint density at radius 2 is 1.42 bits per heavy atom. The number of benzene rings is 2. The SMILES string of the molecule is CCCCCCC1(CCCC(C)CC)c2cc(Br)ccc2-c2ccc(B3OC(C)(C)C(C)(C)O3)cc21. The van der Waals surface area contributed by atoms with Crippen molar-refractivity contribution in [1.29, 1.82) is 0 Å². The van der Waals surface area contributed by atoms with Gasteiger partial charge in [-0.1, -0.05) is 106 Å². The molecule has 0 amide bonds. The van der Waals surface area contributed by atoms with Crippen molar-refractivity contribution in [2.75, 3.05) is 0 Å². The maximum atomic E-state index is 6.48. The van der Waals surface area contributed by atoms with E-state index in [1.807, 2.05) is 0 Å². The van der Waals surface area contributed by atoms with Gasteiger partial charge in [0.1, 0.15) is 0 Å². The zero-order valence-corrected chi connectivity index (χ0v) is 25.3. The van der Waals surface area contributed by atoms with Gasteiger partial charge in [-0.25, -0.2) is 0 Å². The molecule has 0 radical (unpaired) electrons. The van der Waals surface area contributed by atoms with Crippen molar-refractivity contribution in [3.63, 3.8) is 0 Å². The van der Waals surface area contributed by atoms with E-state index in [4.69, 9.17) is 9.31 Å². The van der Waals surface area contributed by atoms with Crippen molar-refractivity contribution in [2.24, 2.45) is 5.92 Å². The molecule has 0 spiro atoms. The third kappa shape index (κ3) is 5.25. The van der Waals surface area contributed by atoms with Crippen LogP contribution < -0.4 is 5.46 Å². The normalized spacial score (nSPS) is 22.5. The van der Waals surface area contributed by atoms with Crippen LogP contribution in [0.2, 0.25) is 0 Å². The zero-order valence-electron chi connectivity index (χ0n) is 23.7. The number of fused-ring (bicyclic) bond motifs is 3. The highest BCUT2D eigenvalue weighted by Gasteiger charge is 2.52. The standard InChI is InChI=1S/C32H46BBrO2/c1-8-10-11-12-19-32(20-13-14-23(3)9-2)28-21-24(33-35-30(4,5)31(6,7)36-33)15-17-26(28)27-18-16-25(34)22-29(27)32/h15-18,21-23H,8-14,19-20H2,1-7H3. The van der Waals surface area contributed by atoms with Gasteiger partial charge in [0.05, 0.1) is 11.2 Å². The van der Waals surface area contributed by atoms with E-state index in [0.717, 1.165) is 11.4 Å². The summed E-state index contributed by atoms with van der Waals surface area (Å²) in [5, 5.41) is 0. The average molecular weight is 553 g/mol. The fourth-order valence-electron chi connectivity index (χ4n) is 6.08. The Labute approximate surface area is 229 Å². The van der Waals surface area contributed by atoms with Crippen molar-refractivity contribution in [2.45, 2.75) is 123 Å². The number of halogens is 1. The molecule has 2 aromatic carbocycles. The molecule has 0 N–H and O–H groups in total. The van der Waals surface area contributed by atoms with Crippen LogP contribution in [0.25, 0.3) is 11.1 Å². The minimum atomic E-state index is -0.335. The minimum Gasteiger partial charge on any atom is -0.399 e. The summed E-state index contributed by atoms with van der Waals surface area (Å²) in [4.78, 5) is 0. The molecule has 2 aliphatic rings. The highest BCUT2D eigenvalue weighted by molar-refractivity contribution is 9.10. The average Bonchev–Trinajstić information content (AvgIpc) is 3.22. The van der Waals surface area contributed by atoms with Crippen LogP contribution in [0.1, 0.15) is 117 Å². The molecular weight excluding hydrogens is 507 g/mol. The van der Waals surface area contributed by atoms with Crippen molar-refractivity contribution in [3.8, 4) is 11.1 Å². The molecule has 1 aliphatic heterocycles. The Hall–Kier alpha value is -1.10.